The second-order valence-electron chi connectivity index (χ2n) is 7.72. The minimum atomic E-state index is -3.58. The highest BCUT2D eigenvalue weighted by atomic mass is 32.2. The first-order valence-corrected chi connectivity index (χ1v) is 11.8. The van der Waals surface area contributed by atoms with Crippen molar-refractivity contribution in [2.45, 2.75) is 44.1 Å². The summed E-state index contributed by atoms with van der Waals surface area (Å²) in [4.78, 5) is 29.4. The molecule has 0 bridgehead atoms. The average Bonchev–Trinajstić information content (AvgIpc) is 3.32. The molecule has 0 saturated heterocycles. The molecule has 12 heteroatoms. The summed E-state index contributed by atoms with van der Waals surface area (Å²) in [6.45, 7) is 3.43. The fraction of sp³-hybridized carbons (Fsp3) is 0.429. The Kier molecular flexibility index (Phi) is 7.18. The number of carbonyl (C=O) groups excluding carboxylic acids is 2. The highest BCUT2D eigenvalue weighted by Gasteiger charge is 2.23. The number of rotatable bonds is 9. The van der Waals surface area contributed by atoms with Crippen molar-refractivity contribution in [3.63, 3.8) is 0 Å². The highest BCUT2D eigenvalue weighted by Crippen LogP contribution is 2.22. The van der Waals surface area contributed by atoms with E-state index in [0.717, 1.165) is 9.82 Å². The second-order valence-corrected chi connectivity index (χ2v) is 9.88. The number of esters is 1. The van der Waals surface area contributed by atoms with E-state index in [4.69, 9.17) is 9.26 Å². The van der Waals surface area contributed by atoms with E-state index >= 15 is 0 Å². The predicted octanol–water partition coefficient (Wildman–Crippen LogP) is 2.01. The van der Waals surface area contributed by atoms with Gasteiger partial charge in [-0.15, -0.1) is 0 Å². The molecule has 3 aromatic rings. The molecule has 2 heterocycles. The van der Waals surface area contributed by atoms with Gasteiger partial charge in [-0.25, -0.2) is 17.7 Å². The molecule has 1 amide bonds. The molecule has 0 aliphatic heterocycles. The highest BCUT2D eigenvalue weighted by molar-refractivity contribution is 7.89. The molecular formula is C21H27N5O6S. The van der Waals surface area contributed by atoms with E-state index in [-0.39, 0.29) is 23.6 Å². The van der Waals surface area contributed by atoms with E-state index in [1.54, 1.807) is 37.6 Å². The molecule has 0 aliphatic carbocycles. The molecule has 0 fully saturated rings. The summed E-state index contributed by atoms with van der Waals surface area (Å²) < 4.78 is 37.9. The number of benzene rings is 1. The van der Waals surface area contributed by atoms with Crippen molar-refractivity contribution in [1.29, 1.82) is 0 Å². The molecule has 33 heavy (non-hydrogen) atoms. The van der Waals surface area contributed by atoms with Crippen LogP contribution in [0.2, 0.25) is 0 Å². The monoisotopic (exact) mass is 477 g/mol. The van der Waals surface area contributed by atoms with Gasteiger partial charge in [0, 0.05) is 33.6 Å². The molecule has 3 rings (SSSR count). The zero-order valence-electron chi connectivity index (χ0n) is 19.2. The minimum absolute atomic E-state index is 0.00681. The molecule has 2 aromatic heterocycles. The Morgan fingerprint density at radius 2 is 2.00 bits per heavy atom. The number of hydrogen-bond donors (Lipinski definition) is 1. The van der Waals surface area contributed by atoms with Gasteiger partial charge in [0.25, 0.3) is 5.91 Å². The Morgan fingerprint density at radius 1 is 1.27 bits per heavy atom. The number of nitrogens with one attached hydrogen (secondary N) is 1. The summed E-state index contributed by atoms with van der Waals surface area (Å²) in [5.41, 5.74) is 1.25. The number of hydrogen-bond acceptors (Lipinski definition) is 8. The van der Waals surface area contributed by atoms with Gasteiger partial charge in [-0.1, -0.05) is 12.1 Å². The Labute approximate surface area is 191 Å². The van der Waals surface area contributed by atoms with Crippen LogP contribution in [-0.2, 0) is 37.8 Å². The van der Waals surface area contributed by atoms with Crippen molar-refractivity contribution in [3.8, 4) is 0 Å². The summed E-state index contributed by atoms with van der Waals surface area (Å²) in [5.74, 6) is 0.358. The number of carbonyl (C=O) groups is 2. The van der Waals surface area contributed by atoms with Gasteiger partial charge in [-0.3, -0.25) is 9.59 Å². The Hall–Kier alpha value is -3.25. The third-order valence-electron chi connectivity index (χ3n) is 5.09. The Bertz CT molecular complexity index is 1280. The van der Waals surface area contributed by atoms with Crippen LogP contribution in [0.5, 0.6) is 0 Å². The molecule has 1 aromatic carbocycles. The van der Waals surface area contributed by atoms with E-state index in [1.165, 1.54) is 26.2 Å². The van der Waals surface area contributed by atoms with Crippen molar-refractivity contribution < 1.29 is 27.3 Å². The third-order valence-corrected chi connectivity index (χ3v) is 6.90. The predicted molar refractivity (Wildman–Crippen MR) is 120 cm³/mol. The van der Waals surface area contributed by atoms with Crippen LogP contribution in [0.1, 0.15) is 31.4 Å². The summed E-state index contributed by atoms with van der Waals surface area (Å²) in [5, 5.41) is 6.25. The van der Waals surface area contributed by atoms with Gasteiger partial charge >= 0.3 is 5.97 Å². The second kappa shape index (κ2) is 9.71. The van der Waals surface area contributed by atoms with Crippen molar-refractivity contribution in [1.82, 2.24) is 19.0 Å². The topological polar surface area (TPSA) is 137 Å². The number of sulfonamides is 1. The van der Waals surface area contributed by atoms with Gasteiger partial charge < -0.3 is 19.1 Å². The molecular weight excluding hydrogens is 450 g/mol. The molecule has 1 atom stereocenters. The van der Waals surface area contributed by atoms with Crippen LogP contribution in [-0.4, -0.2) is 59.5 Å². The lowest BCUT2D eigenvalue weighted by Gasteiger charge is -2.15. The van der Waals surface area contributed by atoms with Crippen molar-refractivity contribution in [3.05, 3.63) is 35.9 Å². The number of anilines is 1. The quantitative estimate of drug-likeness (QED) is 0.462. The Morgan fingerprint density at radius 3 is 2.61 bits per heavy atom. The average molecular weight is 478 g/mol. The smallest absolute Gasteiger partial charge is 0.307 e. The van der Waals surface area contributed by atoms with Crippen LogP contribution in [0.25, 0.3) is 11.0 Å². The molecule has 0 saturated carbocycles. The summed E-state index contributed by atoms with van der Waals surface area (Å²) in [6, 6.07) is 6.28. The number of fused-ring (bicyclic) bond motifs is 1. The molecule has 1 unspecified atom stereocenters. The maximum Gasteiger partial charge on any atom is 0.307 e. The molecule has 178 valence electrons. The van der Waals surface area contributed by atoms with Crippen LogP contribution in [0.3, 0.4) is 0 Å². The Balaban J connectivity index is 1.65. The lowest BCUT2D eigenvalue weighted by atomic mass is 10.2. The first kappa shape index (κ1) is 24.4. The SMILES string of the molecule is CCC(OC(=O)CCc1nc2cc(S(=O)(=O)N(C)C)ccc2n1C)C(=O)Nc1cc(C)on1. The lowest BCUT2D eigenvalue weighted by molar-refractivity contribution is -0.154. The molecule has 0 radical (unpaired) electrons. The zero-order valence-corrected chi connectivity index (χ0v) is 20.0. The van der Waals surface area contributed by atoms with Crippen LogP contribution in [0, 0.1) is 6.92 Å². The lowest BCUT2D eigenvalue weighted by Crippen LogP contribution is -2.32. The number of aromatic nitrogens is 3. The third kappa shape index (κ3) is 5.40. The van der Waals surface area contributed by atoms with Gasteiger partial charge in [0.15, 0.2) is 11.9 Å². The van der Waals surface area contributed by atoms with Crippen LogP contribution in [0.15, 0.2) is 33.7 Å². The van der Waals surface area contributed by atoms with Gasteiger partial charge in [0.2, 0.25) is 10.0 Å². The molecule has 0 aliphatic rings. The van der Waals surface area contributed by atoms with Crippen molar-refractivity contribution in [2.24, 2.45) is 7.05 Å². The molecule has 0 spiro atoms. The van der Waals surface area contributed by atoms with Gasteiger partial charge in [0.1, 0.15) is 11.6 Å². The van der Waals surface area contributed by atoms with E-state index < -0.39 is 28.0 Å². The number of aryl methyl sites for hydroxylation is 3. The summed E-state index contributed by atoms with van der Waals surface area (Å²) >= 11 is 0. The van der Waals surface area contributed by atoms with Crippen LogP contribution < -0.4 is 5.32 Å². The number of ether oxygens (including phenoxy) is 1. The fourth-order valence-corrected chi connectivity index (χ4v) is 4.13. The summed E-state index contributed by atoms with van der Waals surface area (Å²) in [6.07, 6.45) is -0.398. The standard InChI is InChI=1S/C21H27N5O6S/c1-6-17(21(28)23-18-11-13(2)32-24-18)31-20(27)10-9-19-22-15-12-14(33(29,30)25(3)4)7-8-16(15)26(19)5/h7-8,11-12,17H,6,9-10H2,1-5H3,(H,23,24,28). The van der Waals surface area contributed by atoms with Crippen LogP contribution >= 0.6 is 0 Å². The first-order chi connectivity index (χ1) is 15.5. The minimum Gasteiger partial charge on any atom is -0.452 e. The fourth-order valence-electron chi connectivity index (χ4n) is 3.21. The molecule has 11 nitrogen and oxygen atoms in total. The van der Waals surface area contributed by atoms with Gasteiger partial charge in [0.05, 0.1) is 22.3 Å². The summed E-state index contributed by atoms with van der Waals surface area (Å²) in [7, 11) is 1.14. The first-order valence-electron chi connectivity index (χ1n) is 10.3. The van der Waals surface area contributed by atoms with E-state index in [0.29, 0.717) is 23.5 Å². The number of amides is 1. The van der Waals surface area contributed by atoms with Gasteiger partial charge in [-0.05, 0) is 31.5 Å². The number of nitrogens with zero attached hydrogens (tertiary/aromatic N) is 4. The van der Waals surface area contributed by atoms with E-state index in [2.05, 4.69) is 15.5 Å². The van der Waals surface area contributed by atoms with Crippen LogP contribution in [0.4, 0.5) is 5.82 Å². The zero-order chi connectivity index (χ0) is 24.3. The maximum atomic E-state index is 12.4. The maximum absolute atomic E-state index is 12.4. The normalized spacial score (nSPS) is 12.8. The van der Waals surface area contributed by atoms with Gasteiger partial charge in [-0.2, -0.15) is 0 Å². The van der Waals surface area contributed by atoms with E-state index in [9.17, 15) is 18.0 Å². The number of imidazole rings is 1. The van der Waals surface area contributed by atoms with E-state index in [1.807, 2.05) is 0 Å². The largest absolute Gasteiger partial charge is 0.452 e. The van der Waals surface area contributed by atoms with Crippen molar-refractivity contribution >= 4 is 38.8 Å². The molecule has 1 N–H and O–H groups in total. The van der Waals surface area contributed by atoms with Crippen molar-refractivity contribution in [2.75, 3.05) is 19.4 Å².